The van der Waals surface area contributed by atoms with E-state index in [1.54, 1.807) is 0 Å². The molecule has 4 heterocycles. The Morgan fingerprint density at radius 1 is 0.167 bits per heavy atom. The average molecular weight is 1450 g/mol. The van der Waals surface area contributed by atoms with Crippen LogP contribution in [0.1, 0.15) is 144 Å². The molecule has 9 aromatic rings. The van der Waals surface area contributed by atoms with Crippen molar-refractivity contribution in [3.63, 3.8) is 0 Å². The van der Waals surface area contributed by atoms with Crippen LogP contribution < -0.4 is 63.8 Å². The molecule has 0 amide bonds. The van der Waals surface area contributed by atoms with E-state index in [4.69, 9.17) is 0 Å². The van der Waals surface area contributed by atoms with Gasteiger partial charge in [0.2, 0.25) is 0 Å². The Morgan fingerprint density at radius 3 is 0.444 bits per heavy atom. The van der Waals surface area contributed by atoms with Crippen LogP contribution in [-0.2, 0) is 77.8 Å². The number of nitrogens with one attached hydrogen (secondary N) is 12. The Bertz CT molecular complexity index is 3210. The molecule has 0 unspecified atom stereocenters. The minimum atomic E-state index is 0.271. The fourth-order valence-corrected chi connectivity index (χ4v) is 17.2. The third kappa shape index (κ3) is 26.6. The molecule has 12 heteroatoms. The molecule has 16 rings (SSSR count). The van der Waals surface area contributed by atoms with E-state index < -0.39 is 0 Å². The molecule has 4 aliphatic heterocycles. The van der Waals surface area contributed by atoms with Gasteiger partial charge in [0.05, 0.1) is 0 Å². The van der Waals surface area contributed by atoms with Crippen LogP contribution in [0.2, 0.25) is 0 Å². The Balaban J connectivity index is 0.711. The molecule has 108 heavy (non-hydrogen) atoms. The summed E-state index contributed by atoms with van der Waals surface area (Å²) in [5.41, 5.74) is 16.1. The molecule has 0 radical (unpaired) electrons. The second kappa shape index (κ2) is 43.8. The first-order valence-electron chi connectivity index (χ1n) is 41.7. The number of hydrogen-bond acceptors (Lipinski definition) is 12. The summed E-state index contributed by atoms with van der Waals surface area (Å²) in [7, 11) is 0. The highest BCUT2D eigenvalue weighted by Gasteiger charge is 2.30. The van der Waals surface area contributed by atoms with E-state index >= 15 is 0 Å². The molecule has 12 atom stereocenters. The predicted octanol–water partition coefficient (Wildman–Crippen LogP) is 13.8. The van der Waals surface area contributed by atoms with Crippen molar-refractivity contribution in [3.05, 3.63) is 322 Å². The zero-order chi connectivity index (χ0) is 73.3. The molecule has 0 saturated heterocycles. The van der Waals surface area contributed by atoms with Gasteiger partial charge in [0.25, 0.3) is 0 Å². The fourth-order valence-electron chi connectivity index (χ4n) is 17.2. The van der Waals surface area contributed by atoms with Gasteiger partial charge < -0.3 is 63.8 Å². The van der Waals surface area contributed by atoms with Gasteiger partial charge in [-0.1, -0.05) is 293 Å². The molecule has 12 N–H and O–H groups in total. The number of hydrogen-bond donors (Lipinski definition) is 12. The van der Waals surface area contributed by atoms with Crippen molar-refractivity contribution in [1.82, 2.24) is 63.8 Å². The highest BCUT2D eigenvalue weighted by molar-refractivity contribution is 5.28. The maximum absolute atomic E-state index is 4.17. The summed E-state index contributed by atoms with van der Waals surface area (Å²) in [6, 6.07) is 98.7. The van der Waals surface area contributed by atoms with Gasteiger partial charge in [-0.2, -0.15) is 0 Å². The van der Waals surface area contributed by atoms with Crippen molar-refractivity contribution in [2.24, 2.45) is 0 Å². The van der Waals surface area contributed by atoms with Gasteiger partial charge in [-0.3, -0.25) is 0 Å². The van der Waals surface area contributed by atoms with E-state index in [2.05, 4.69) is 319 Å². The summed E-state index contributed by atoms with van der Waals surface area (Å²) >= 11 is 0. The molecule has 9 aromatic carbocycles. The second-order valence-electron chi connectivity index (χ2n) is 32.0. The summed E-state index contributed by atoms with van der Waals surface area (Å²) in [6.45, 7) is 10.4. The molecular weight excluding hydrogens is 1320 g/mol. The number of benzene rings is 9. The smallest absolute Gasteiger partial charge is 0.0236 e. The van der Waals surface area contributed by atoms with Gasteiger partial charge in [-0.15, -0.1) is 0 Å². The maximum Gasteiger partial charge on any atom is 0.0236 e. The van der Waals surface area contributed by atoms with Crippen LogP contribution in [-0.4, -0.2) is 112 Å². The van der Waals surface area contributed by atoms with Crippen LogP contribution in [0.15, 0.2) is 255 Å². The van der Waals surface area contributed by atoms with Gasteiger partial charge in [0.1, 0.15) is 0 Å². The van der Waals surface area contributed by atoms with Crippen LogP contribution in [0.4, 0.5) is 0 Å². The summed E-state index contributed by atoms with van der Waals surface area (Å²) in [5, 5.41) is 49.4. The van der Waals surface area contributed by atoms with Crippen LogP contribution >= 0.6 is 0 Å². The van der Waals surface area contributed by atoms with Gasteiger partial charge >= 0.3 is 0 Å². The highest BCUT2D eigenvalue weighted by atomic mass is 15.1. The lowest BCUT2D eigenvalue weighted by Crippen LogP contribution is -2.55. The molecule has 6 bridgehead atoms. The van der Waals surface area contributed by atoms with Gasteiger partial charge in [0, 0.05) is 151 Å². The van der Waals surface area contributed by atoms with Crippen molar-refractivity contribution in [3.8, 4) is 0 Å². The van der Waals surface area contributed by atoms with Crippen molar-refractivity contribution >= 4 is 0 Å². The summed E-state index contributed by atoms with van der Waals surface area (Å²) in [5.74, 6) is 0. The molecule has 0 aromatic heterocycles. The quantitative estimate of drug-likeness (QED) is 0.0566. The summed E-state index contributed by atoms with van der Waals surface area (Å²) in [4.78, 5) is 0. The van der Waals surface area contributed by atoms with E-state index in [1.165, 1.54) is 144 Å². The van der Waals surface area contributed by atoms with Crippen LogP contribution in [0.5, 0.6) is 0 Å². The van der Waals surface area contributed by atoms with E-state index in [0.29, 0.717) is 36.3 Å². The molecule has 7 aliphatic rings. The molecule has 12 nitrogen and oxygen atoms in total. The van der Waals surface area contributed by atoms with E-state index in [-0.39, 0.29) is 36.3 Å². The predicted molar refractivity (Wildman–Crippen MR) is 450 cm³/mol. The number of fused-ring (bicyclic) bond motifs is 3. The second-order valence-corrected chi connectivity index (χ2v) is 32.0. The zero-order valence-corrected chi connectivity index (χ0v) is 64.4. The minimum Gasteiger partial charge on any atom is -0.311 e. The Labute approximate surface area is 648 Å². The monoisotopic (exact) mass is 1450 g/mol. The fraction of sp³-hybridized carbons (Fsp3) is 0.438. The van der Waals surface area contributed by atoms with Crippen molar-refractivity contribution < 1.29 is 0 Å². The van der Waals surface area contributed by atoms with Gasteiger partial charge in [-0.25, -0.2) is 0 Å². The summed E-state index contributed by atoms with van der Waals surface area (Å²) < 4.78 is 0. The van der Waals surface area contributed by atoms with E-state index in [0.717, 1.165) is 117 Å². The molecule has 3 saturated carbocycles. The molecule has 570 valence electrons. The Morgan fingerprint density at radius 2 is 0.306 bits per heavy atom. The first-order chi connectivity index (χ1) is 53.4. The van der Waals surface area contributed by atoms with E-state index in [1.807, 2.05) is 0 Å². The normalized spacial score (nSPS) is 25.8. The highest BCUT2D eigenvalue weighted by Crippen LogP contribution is 2.24. The molecule has 0 spiro atoms. The van der Waals surface area contributed by atoms with E-state index in [9.17, 15) is 0 Å². The maximum atomic E-state index is 4.17. The lowest BCUT2D eigenvalue weighted by Gasteiger charge is -2.35. The lowest BCUT2D eigenvalue weighted by atomic mass is 9.89. The van der Waals surface area contributed by atoms with Crippen LogP contribution in [0.3, 0.4) is 0 Å². The molecule has 3 fully saturated rings. The third-order valence-electron chi connectivity index (χ3n) is 23.6. The minimum absolute atomic E-state index is 0.271. The zero-order valence-electron chi connectivity index (χ0n) is 64.4. The SMILES string of the molecule is c1ccc(C[C@@H]2CN[C@@H]3CCCC[C@H]3NC[C@@H](Cc3ccccc3)NCc3ccc(cc3)CN[C@H](Cc3ccccc3)CN[C@@H]3CCCC[C@H]3NC[C@@H](Cc3ccccc3)NCc3ccc(cc3)CN[C@H](Cc3ccccc3)CN[C@@H]3CCCC[C@H]3NC[C@@H](Cc3ccccc3)NCc3ccc(cc3)CN2)cc1. The van der Waals surface area contributed by atoms with Gasteiger partial charge in [0.15, 0.2) is 0 Å². The standard InChI is InChI=1S/C96H126N12/c1-7-25-73(26-8-1)55-85-67-103-91-37-19-20-38-92(91)104-68-86(56-74-27-9-2-10-28-74)99-63-81-47-49-82(50-48-81)64-100-89(59-77-33-15-5-16-34-77)71-107-95-41-23-24-42-96(95)108-72-90(60-78-35-17-6-18-36-78)102-66-84-53-51-83(52-54-84)65-101-88(58-76-31-13-4-14-32-76)70-106-94-40-22-21-39-93(94)105-69-87(57-75-29-11-3-12-30-75)98-62-80-45-43-79(44-46-80)61-97-85/h1-18,25-36,43-54,85-108H,19-24,37-42,55-72H2/t85-,86-,87-,88-,89-,90-,91-,92-,93-,94-,95-,96-/m1/s1. The average Bonchev–Trinajstić information content (AvgIpc) is 0.881. The molecule has 3 aliphatic carbocycles. The number of rotatable bonds is 12. The summed E-state index contributed by atoms with van der Waals surface area (Å²) in [6.07, 6.45) is 20.5. The topological polar surface area (TPSA) is 144 Å². The van der Waals surface area contributed by atoms with Crippen molar-refractivity contribution in [2.75, 3.05) is 39.3 Å². The van der Waals surface area contributed by atoms with Gasteiger partial charge in [-0.05, 0) is 144 Å². The Kier molecular flexibility index (Phi) is 31.9. The van der Waals surface area contributed by atoms with Crippen LogP contribution in [0, 0.1) is 0 Å². The van der Waals surface area contributed by atoms with Crippen molar-refractivity contribution in [2.45, 2.75) is 227 Å². The third-order valence-corrected chi connectivity index (χ3v) is 23.6. The first-order valence-corrected chi connectivity index (χ1v) is 41.7. The molecular formula is C96H126N12. The van der Waals surface area contributed by atoms with Crippen LogP contribution in [0.25, 0.3) is 0 Å². The first kappa shape index (κ1) is 78.6. The Hall–Kier alpha value is -7.50. The van der Waals surface area contributed by atoms with Crippen molar-refractivity contribution in [1.29, 1.82) is 0 Å². The largest absolute Gasteiger partial charge is 0.311 e. The lowest BCUT2D eigenvalue weighted by molar-refractivity contribution is 0.266.